The number of rotatable bonds is 4. The second kappa shape index (κ2) is 7.82. The Morgan fingerprint density at radius 2 is 2.05 bits per heavy atom. The number of alkyl halides is 3. The average Bonchev–Trinajstić information content (AvgIpc) is 2.95. The molecule has 0 unspecified atom stereocenters. The van der Waals surface area contributed by atoms with E-state index in [2.05, 4.69) is 14.7 Å². The molecule has 22 heavy (non-hydrogen) atoms. The molecule has 9 heteroatoms. The lowest BCUT2D eigenvalue weighted by atomic mass is 9.84. The van der Waals surface area contributed by atoms with Gasteiger partial charge in [-0.1, -0.05) is 19.3 Å². The monoisotopic (exact) mass is 341 g/mol. The Bertz CT molecular complexity index is 487. The fraction of sp³-hybridized carbons (Fsp3) is 0.692. The Kier molecular flexibility index (Phi) is 6.67. The first-order valence-electron chi connectivity index (χ1n) is 6.95. The summed E-state index contributed by atoms with van der Waals surface area (Å²) in [5, 5.41) is 2.56. The quantitative estimate of drug-likeness (QED) is 0.882. The molecular weight excluding hydrogens is 323 g/mol. The third kappa shape index (κ3) is 4.36. The number of amides is 1. The fourth-order valence-electron chi connectivity index (χ4n) is 2.75. The maximum atomic E-state index is 12.7. The Morgan fingerprint density at radius 1 is 1.41 bits per heavy atom. The summed E-state index contributed by atoms with van der Waals surface area (Å²) in [5.74, 6) is -2.06. The molecule has 1 fully saturated rings. The van der Waals surface area contributed by atoms with E-state index >= 15 is 0 Å². The normalized spacial score (nSPS) is 17.6. The van der Waals surface area contributed by atoms with E-state index in [0.717, 1.165) is 32.1 Å². The van der Waals surface area contributed by atoms with E-state index in [9.17, 15) is 18.0 Å². The van der Waals surface area contributed by atoms with Crippen LogP contribution in [0.2, 0.25) is 0 Å². The SMILES string of the molecule is Cl.NC[C@H](NC(=O)c1ncoc1C(F)(F)F)C1CCCCC1. The number of hydrogen-bond acceptors (Lipinski definition) is 4. The smallest absolute Gasteiger partial charge is 0.438 e. The van der Waals surface area contributed by atoms with Crippen molar-refractivity contribution in [2.24, 2.45) is 11.7 Å². The molecule has 0 aliphatic heterocycles. The number of aromatic nitrogens is 1. The van der Waals surface area contributed by atoms with Gasteiger partial charge in [-0.2, -0.15) is 13.2 Å². The van der Waals surface area contributed by atoms with Gasteiger partial charge in [0.25, 0.3) is 5.91 Å². The van der Waals surface area contributed by atoms with Gasteiger partial charge in [-0.25, -0.2) is 4.98 Å². The lowest BCUT2D eigenvalue weighted by Gasteiger charge is -2.29. The van der Waals surface area contributed by atoms with Gasteiger partial charge in [0.15, 0.2) is 12.1 Å². The van der Waals surface area contributed by atoms with Crippen molar-refractivity contribution >= 4 is 18.3 Å². The molecule has 1 aromatic rings. The van der Waals surface area contributed by atoms with Gasteiger partial charge in [0.05, 0.1) is 0 Å². The maximum absolute atomic E-state index is 12.7. The molecule has 1 amide bonds. The van der Waals surface area contributed by atoms with Gasteiger partial charge in [-0.05, 0) is 18.8 Å². The van der Waals surface area contributed by atoms with E-state index in [1.54, 1.807) is 0 Å². The van der Waals surface area contributed by atoms with Gasteiger partial charge >= 0.3 is 6.18 Å². The van der Waals surface area contributed by atoms with Crippen LogP contribution in [0.1, 0.15) is 48.4 Å². The van der Waals surface area contributed by atoms with Crippen LogP contribution in [-0.2, 0) is 6.18 Å². The summed E-state index contributed by atoms with van der Waals surface area (Å²) in [6, 6.07) is -0.337. The highest BCUT2D eigenvalue weighted by atomic mass is 35.5. The predicted octanol–water partition coefficient (Wildman–Crippen LogP) is 2.75. The van der Waals surface area contributed by atoms with Crippen molar-refractivity contribution in [1.29, 1.82) is 0 Å². The highest BCUT2D eigenvalue weighted by Gasteiger charge is 2.41. The number of halogens is 4. The minimum absolute atomic E-state index is 0. The van der Waals surface area contributed by atoms with Crippen molar-refractivity contribution in [3.8, 4) is 0 Å². The molecule has 3 N–H and O–H groups in total. The first-order chi connectivity index (χ1) is 9.93. The summed E-state index contributed by atoms with van der Waals surface area (Å²) >= 11 is 0. The molecule has 1 saturated carbocycles. The third-order valence-corrected chi connectivity index (χ3v) is 3.83. The number of nitrogens with zero attached hydrogens (tertiary/aromatic N) is 1. The molecule has 126 valence electrons. The van der Waals surface area contributed by atoms with Crippen LogP contribution in [0.25, 0.3) is 0 Å². The predicted molar refractivity (Wildman–Crippen MR) is 75.6 cm³/mol. The summed E-state index contributed by atoms with van der Waals surface area (Å²) in [5.41, 5.74) is 4.91. The molecule has 1 aliphatic rings. The Balaban J connectivity index is 0.00000242. The van der Waals surface area contributed by atoms with Gasteiger partial charge in [-0.3, -0.25) is 4.79 Å². The highest BCUT2D eigenvalue weighted by molar-refractivity contribution is 5.93. The summed E-state index contributed by atoms with van der Waals surface area (Å²) in [6.07, 6.45) is 0.967. The standard InChI is InChI=1S/C13H18F3N3O2.ClH/c14-13(15,16)11-10(18-7-21-11)12(20)19-9(6-17)8-4-2-1-3-5-8;/h7-9H,1-6,17H2,(H,19,20);1H/t9-;/m0./s1. The minimum atomic E-state index is -4.74. The molecule has 1 atom stereocenters. The van der Waals surface area contributed by atoms with Crippen LogP contribution in [0.5, 0.6) is 0 Å². The van der Waals surface area contributed by atoms with Crippen LogP contribution in [0.15, 0.2) is 10.8 Å². The first kappa shape index (κ1) is 18.8. The first-order valence-corrected chi connectivity index (χ1v) is 6.95. The average molecular weight is 342 g/mol. The van der Waals surface area contributed by atoms with Crippen LogP contribution in [-0.4, -0.2) is 23.5 Å². The summed E-state index contributed by atoms with van der Waals surface area (Å²) in [6.45, 7) is 0.190. The van der Waals surface area contributed by atoms with Crippen LogP contribution in [0.4, 0.5) is 13.2 Å². The Labute approximate surface area is 132 Å². The van der Waals surface area contributed by atoms with Crippen LogP contribution in [0.3, 0.4) is 0 Å². The van der Waals surface area contributed by atoms with Gasteiger partial charge < -0.3 is 15.5 Å². The van der Waals surface area contributed by atoms with Gasteiger partial charge in [-0.15, -0.1) is 12.4 Å². The molecular formula is C13H19ClF3N3O2. The van der Waals surface area contributed by atoms with E-state index < -0.39 is 23.5 Å². The van der Waals surface area contributed by atoms with E-state index in [0.29, 0.717) is 6.39 Å². The fourth-order valence-corrected chi connectivity index (χ4v) is 2.75. The van der Waals surface area contributed by atoms with Crippen molar-refractivity contribution in [2.45, 2.75) is 44.3 Å². The number of oxazole rings is 1. The zero-order valence-electron chi connectivity index (χ0n) is 11.9. The third-order valence-electron chi connectivity index (χ3n) is 3.83. The number of nitrogens with two attached hydrogens (primary N) is 1. The van der Waals surface area contributed by atoms with E-state index in [4.69, 9.17) is 5.73 Å². The van der Waals surface area contributed by atoms with Crippen molar-refractivity contribution < 1.29 is 22.4 Å². The molecule has 0 spiro atoms. The summed E-state index contributed by atoms with van der Waals surface area (Å²) in [7, 11) is 0. The largest absolute Gasteiger partial charge is 0.452 e. The van der Waals surface area contributed by atoms with E-state index in [1.165, 1.54) is 0 Å². The lowest BCUT2D eigenvalue weighted by Crippen LogP contribution is -2.46. The van der Waals surface area contributed by atoms with Crippen LogP contribution < -0.4 is 11.1 Å². The van der Waals surface area contributed by atoms with Crippen LogP contribution in [0, 0.1) is 5.92 Å². The molecule has 5 nitrogen and oxygen atoms in total. The van der Waals surface area contributed by atoms with Crippen molar-refractivity contribution in [1.82, 2.24) is 10.3 Å². The number of carbonyl (C=O) groups is 1. The Hall–Kier alpha value is -1.28. The molecule has 1 aliphatic carbocycles. The molecule has 0 bridgehead atoms. The molecule has 0 saturated heterocycles. The zero-order valence-corrected chi connectivity index (χ0v) is 12.7. The topological polar surface area (TPSA) is 81.1 Å². The second-order valence-electron chi connectivity index (χ2n) is 5.24. The van der Waals surface area contributed by atoms with Crippen LogP contribution >= 0.6 is 12.4 Å². The molecule has 2 rings (SSSR count). The maximum Gasteiger partial charge on any atom is 0.452 e. The van der Waals surface area contributed by atoms with E-state index in [1.807, 2.05) is 0 Å². The molecule has 1 heterocycles. The molecule has 1 aromatic heterocycles. The highest BCUT2D eigenvalue weighted by Crippen LogP contribution is 2.32. The summed E-state index contributed by atoms with van der Waals surface area (Å²) in [4.78, 5) is 15.4. The molecule has 0 aromatic carbocycles. The number of nitrogens with one attached hydrogen (secondary N) is 1. The summed E-state index contributed by atoms with van der Waals surface area (Å²) < 4.78 is 42.3. The van der Waals surface area contributed by atoms with Gasteiger partial charge in [0.2, 0.25) is 5.76 Å². The lowest BCUT2D eigenvalue weighted by molar-refractivity contribution is -0.153. The van der Waals surface area contributed by atoms with Crippen molar-refractivity contribution in [2.75, 3.05) is 6.54 Å². The van der Waals surface area contributed by atoms with Gasteiger partial charge in [0.1, 0.15) is 0 Å². The Morgan fingerprint density at radius 3 is 2.59 bits per heavy atom. The second-order valence-corrected chi connectivity index (χ2v) is 5.24. The zero-order chi connectivity index (χ0) is 15.5. The number of carbonyl (C=O) groups excluding carboxylic acids is 1. The van der Waals surface area contributed by atoms with Crippen molar-refractivity contribution in [3.05, 3.63) is 17.8 Å². The number of hydrogen-bond donors (Lipinski definition) is 2. The molecule has 0 radical (unpaired) electrons. The van der Waals surface area contributed by atoms with E-state index in [-0.39, 0.29) is 30.9 Å². The van der Waals surface area contributed by atoms with Crippen molar-refractivity contribution in [3.63, 3.8) is 0 Å². The minimum Gasteiger partial charge on any atom is -0.438 e. The van der Waals surface area contributed by atoms with Gasteiger partial charge in [0, 0.05) is 12.6 Å².